The van der Waals surface area contributed by atoms with Gasteiger partial charge in [-0.1, -0.05) is 48.0 Å². The predicted molar refractivity (Wildman–Crippen MR) is 81.2 cm³/mol. The van der Waals surface area contributed by atoms with Crippen LogP contribution in [-0.4, -0.2) is 18.2 Å². The molecule has 5 heteroatoms. The molecule has 0 fully saturated rings. The number of carbonyl (C=O) groups excluding carboxylic acids is 1. The first-order chi connectivity index (χ1) is 10.1. The van der Waals surface area contributed by atoms with Crippen molar-refractivity contribution in [3.8, 4) is 5.75 Å². The number of benzene rings is 2. The molecule has 0 saturated carbocycles. The minimum absolute atomic E-state index is 0.0895. The summed E-state index contributed by atoms with van der Waals surface area (Å²) < 4.78 is 4.82. The third-order valence-corrected chi connectivity index (χ3v) is 3.50. The first-order valence-electron chi connectivity index (χ1n) is 6.46. The molecular weight excluding hydrogens is 290 g/mol. The van der Waals surface area contributed by atoms with Crippen LogP contribution in [-0.2, 0) is 16.1 Å². The van der Waals surface area contributed by atoms with Crippen molar-refractivity contribution < 1.29 is 14.6 Å². The molecule has 0 aliphatic heterocycles. The fraction of sp³-hybridized carbons (Fsp3) is 0.188. The van der Waals surface area contributed by atoms with E-state index in [2.05, 4.69) is 5.32 Å². The minimum Gasteiger partial charge on any atom is -0.508 e. The van der Waals surface area contributed by atoms with E-state index >= 15 is 0 Å². The highest BCUT2D eigenvalue weighted by Crippen LogP contribution is 2.26. The van der Waals surface area contributed by atoms with E-state index in [1.165, 1.54) is 7.11 Å². The van der Waals surface area contributed by atoms with Gasteiger partial charge in [-0.2, -0.15) is 0 Å². The van der Waals surface area contributed by atoms with Gasteiger partial charge in [-0.15, -0.1) is 0 Å². The smallest absolute Gasteiger partial charge is 0.327 e. The lowest BCUT2D eigenvalue weighted by Crippen LogP contribution is -2.29. The molecule has 0 saturated heterocycles. The van der Waals surface area contributed by atoms with Crippen molar-refractivity contribution in [1.29, 1.82) is 0 Å². The van der Waals surface area contributed by atoms with Gasteiger partial charge in [0.05, 0.1) is 7.11 Å². The summed E-state index contributed by atoms with van der Waals surface area (Å²) in [6, 6.07) is 13.5. The average molecular weight is 306 g/mol. The van der Waals surface area contributed by atoms with Gasteiger partial charge in [0.25, 0.3) is 0 Å². The van der Waals surface area contributed by atoms with E-state index in [1.807, 2.05) is 30.3 Å². The van der Waals surface area contributed by atoms with Crippen molar-refractivity contribution in [3.63, 3.8) is 0 Å². The van der Waals surface area contributed by atoms with E-state index in [4.69, 9.17) is 16.3 Å². The van der Waals surface area contributed by atoms with Gasteiger partial charge in [-0.25, -0.2) is 4.79 Å². The molecule has 0 aromatic heterocycles. The molecule has 0 spiro atoms. The Morgan fingerprint density at radius 3 is 2.57 bits per heavy atom. The van der Waals surface area contributed by atoms with Gasteiger partial charge in [0.1, 0.15) is 11.8 Å². The van der Waals surface area contributed by atoms with Crippen molar-refractivity contribution >= 4 is 17.6 Å². The highest BCUT2D eigenvalue weighted by atomic mass is 35.5. The zero-order valence-electron chi connectivity index (χ0n) is 11.5. The SMILES string of the molecule is COC(=O)C(NCc1c(O)cccc1Cl)c1ccccc1. The molecule has 2 aromatic rings. The van der Waals surface area contributed by atoms with E-state index in [9.17, 15) is 9.90 Å². The summed E-state index contributed by atoms with van der Waals surface area (Å²) in [7, 11) is 1.34. The summed E-state index contributed by atoms with van der Waals surface area (Å²) in [6.45, 7) is 0.250. The van der Waals surface area contributed by atoms with E-state index in [-0.39, 0.29) is 12.3 Å². The van der Waals surface area contributed by atoms with Crippen molar-refractivity contribution in [3.05, 3.63) is 64.7 Å². The summed E-state index contributed by atoms with van der Waals surface area (Å²) in [5.74, 6) is -0.306. The minimum atomic E-state index is -0.619. The Balaban J connectivity index is 2.19. The Bertz CT molecular complexity index is 596. The molecule has 0 bridgehead atoms. The maximum atomic E-state index is 11.9. The van der Waals surface area contributed by atoms with Crippen LogP contribution in [0.25, 0.3) is 0 Å². The highest BCUT2D eigenvalue weighted by molar-refractivity contribution is 6.31. The first-order valence-corrected chi connectivity index (χ1v) is 6.83. The molecule has 1 unspecified atom stereocenters. The number of esters is 1. The lowest BCUT2D eigenvalue weighted by Gasteiger charge is -2.17. The summed E-state index contributed by atoms with van der Waals surface area (Å²) in [4.78, 5) is 11.9. The lowest BCUT2D eigenvalue weighted by atomic mass is 10.1. The summed E-state index contributed by atoms with van der Waals surface area (Å²) in [5.41, 5.74) is 1.33. The molecule has 2 N–H and O–H groups in total. The number of methoxy groups -OCH3 is 1. The summed E-state index contributed by atoms with van der Waals surface area (Å²) in [5, 5.41) is 13.3. The number of carbonyl (C=O) groups is 1. The van der Waals surface area contributed by atoms with Crippen LogP contribution in [0.5, 0.6) is 5.75 Å². The Hall–Kier alpha value is -2.04. The van der Waals surface area contributed by atoms with Crippen LogP contribution in [0.1, 0.15) is 17.2 Å². The van der Waals surface area contributed by atoms with Gasteiger partial charge in [-0.05, 0) is 17.7 Å². The Labute approximate surface area is 128 Å². The molecule has 0 radical (unpaired) electrons. The van der Waals surface area contributed by atoms with Crippen LogP contribution in [0, 0.1) is 0 Å². The van der Waals surface area contributed by atoms with Gasteiger partial charge >= 0.3 is 5.97 Å². The zero-order valence-corrected chi connectivity index (χ0v) is 12.3. The van der Waals surface area contributed by atoms with Crippen molar-refractivity contribution in [1.82, 2.24) is 5.32 Å². The number of phenols is 1. The maximum absolute atomic E-state index is 11.9. The van der Waals surface area contributed by atoms with E-state index in [0.29, 0.717) is 10.6 Å². The second-order valence-corrected chi connectivity index (χ2v) is 4.89. The number of rotatable bonds is 5. The first kappa shape index (κ1) is 15.4. The van der Waals surface area contributed by atoms with Crippen molar-refractivity contribution in [2.75, 3.05) is 7.11 Å². The molecule has 0 aliphatic carbocycles. The lowest BCUT2D eigenvalue weighted by molar-refractivity contribution is -0.143. The number of nitrogens with one attached hydrogen (secondary N) is 1. The largest absolute Gasteiger partial charge is 0.508 e. The quantitative estimate of drug-likeness (QED) is 0.834. The van der Waals surface area contributed by atoms with Crippen molar-refractivity contribution in [2.24, 2.45) is 0 Å². The van der Waals surface area contributed by atoms with Crippen LogP contribution in [0.3, 0.4) is 0 Å². The van der Waals surface area contributed by atoms with Gasteiger partial charge in [0.2, 0.25) is 0 Å². The van der Waals surface area contributed by atoms with E-state index in [0.717, 1.165) is 5.56 Å². The Morgan fingerprint density at radius 1 is 1.24 bits per heavy atom. The molecule has 110 valence electrons. The third kappa shape index (κ3) is 3.74. The van der Waals surface area contributed by atoms with Crippen LogP contribution in [0.2, 0.25) is 5.02 Å². The molecule has 4 nitrogen and oxygen atoms in total. The molecule has 0 heterocycles. The molecule has 0 aliphatic rings. The second-order valence-electron chi connectivity index (χ2n) is 4.49. The standard InChI is InChI=1S/C16H16ClNO3/c1-21-16(20)15(11-6-3-2-4-7-11)18-10-12-13(17)8-5-9-14(12)19/h2-9,15,18-19H,10H2,1H3. The molecule has 1 atom stereocenters. The Kier molecular flexibility index (Phi) is 5.20. The number of hydrogen-bond donors (Lipinski definition) is 2. The molecule has 2 rings (SSSR count). The summed E-state index contributed by atoms with van der Waals surface area (Å²) in [6.07, 6.45) is 0. The number of halogens is 1. The third-order valence-electron chi connectivity index (χ3n) is 3.15. The van der Waals surface area contributed by atoms with Crippen LogP contribution >= 0.6 is 11.6 Å². The topological polar surface area (TPSA) is 58.6 Å². The number of aromatic hydroxyl groups is 1. The number of hydrogen-bond acceptors (Lipinski definition) is 4. The van der Waals surface area contributed by atoms with Crippen LogP contribution in [0.15, 0.2) is 48.5 Å². The molecule has 21 heavy (non-hydrogen) atoms. The zero-order chi connectivity index (χ0) is 15.2. The predicted octanol–water partition coefficient (Wildman–Crippen LogP) is 3.05. The van der Waals surface area contributed by atoms with Gasteiger partial charge < -0.3 is 9.84 Å². The van der Waals surface area contributed by atoms with Crippen molar-refractivity contribution in [2.45, 2.75) is 12.6 Å². The average Bonchev–Trinajstić information content (AvgIpc) is 2.50. The number of ether oxygens (including phenoxy) is 1. The van der Waals surface area contributed by atoms with Gasteiger partial charge in [-0.3, -0.25) is 5.32 Å². The van der Waals surface area contributed by atoms with E-state index in [1.54, 1.807) is 18.2 Å². The Morgan fingerprint density at radius 2 is 1.95 bits per heavy atom. The fourth-order valence-corrected chi connectivity index (χ4v) is 2.26. The van der Waals surface area contributed by atoms with Gasteiger partial charge in [0.15, 0.2) is 0 Å². The van der Waals surface area contributed by atoms with Gasteiger partial charge in [0, 0.05) is 17.1 Å². The molecule has 0 amide bonds. The molecule has 2 aromatic carbocycles. The van der Waals surface area contributed by atoms with Crippen LogP contribution < -0.4 is 5.32 Å². The van der Waals surface area contributed by atoms with E-state index < -0.39 is 12.0 Å². The maximum Gasteiger partial charge on any atom is 0.327 e. The highest BCUT2D eigenvalue weighted by Gasteiger charge is 2.21. The normalized spacial score (nSPS) is 11.9. The summed E-state index contributed by atoms with van der Waals surface area (Å²) >= 11 is 6.06. The number of phenolic OH excluding ortho intramolecular Hbond substituents is 1. The fourth-order valence-electron chi connectivity index (χ4n) is 2.03. The monoisotopic (exact) mass is 305 g/mol. The molecular formula is C16H16ClNO3. The van der Waals surface area contributed by atoms with Crippen LogP contribution in [0.4, 0.5) is 0 Å². The second kappa shape index (κ2) is 7.11.